The summed E-state index contributed by atoms with van der Waals surface area (Å²) in [6.45, 7) is 4.85. The van der Waals surface area contributed by atoms with E-state index < -0.39 is 5.60 Å². The first-order valence-electron chi connectivity index (χ1n) is 10.9. The van der Waals surface area contributed by atoms with Gasteiger partial charge in [0.25, 0.3) is 0 Å². The maximum atomic E-state index is 13.6. The lowest BCUT2D eigenvalue weighted by molar-refractivity contribution is -0.135. The van der Waals surface area contributed by atoms with Crippen molar-refractivity contribution in [3.63, 3.8) is 0 Å². The molecule has 164 valence electrons. The summed E-state index contributed by atoms with van der Waals surface area (Å²) in [5.74, 6) is -0.242. The Morgan fingerprint density at radius 3 is 2.65 bits per heavy atom. The Kier molecular flexibility index (Phi) is 6.39. The van der Waals surface area contributed by atoms with Crippen LogP contribution in [0.25, 0.3) is 10.9 Å². The van der Waals surface area contributed by atoms with Crippen molar-refractivity contribution in [2.24, 2.45) is 0 Å². The summed E-state index contributed by atoms with van der Waals surface area (Å²) in [5, 5.41) is 12.1. The molecule has 1 fully saturated rings. The van der Waals surface area contributed by atoms with Crippen molar-refractivity contribution in [3.8, 4) is 0 Å². The second-order valence-electron chi connectivity index (χ2n) is 8.68. The van der Waals surface area contributed by atoms with Crippen molar-refractivity contribution >= 4 is 16.8 Å². The number of hydrogen-bond acceptors (Lipinski definition) is 3. The van der Waals surface area contributed by atoms with Crippen LogP contribution in [0.2, 0.25) is 0 Å². The van der Waals surface area contributed by atoms with Gasteiger partial charge in [0.05, 0.1) is 5.60 Å². The van der Waals surface area contributed by atoms with Gasteiger partial charge in [-0.25, -0.2) is 4.39 Å². The van der Waals surface area contributed by atoms with Gasteiger partial charge >= 0.3 is 0 Å². The number of aliphatic hydroxyl groups is 1. The number of H-pyrrole nitrogens is 1. The molecule has 0 unspecified atom stereocenters. The molecule has 31 heavy (non-hydrogen) atoms. The molecular weight excluding hydrogens is 393 g/mol. The summed E-state index contributed by atoms with van der Waals surface area (Å²) in [7, 11) is 0. The predicted octanol–water partition coefficient (Wildman–Crippen LogP) is 3.73. The van der Waals surface area contributed by atoms with Crippen LogP contribution in [-0.4, -0.2) is 57.6 Å². The van der Waals surface area contributed by atoms with Crippen LogP contribution in [0.4, 0.5) is 4.39 Å². The molecular formula is C25H30FN3O2. The number of aromatic nitrogens is 1. The molecule has 0 atom stereocenters. The van der Waals surface area contributed by atoms with Gasteiger partial charge in [0.2, 0.25) is 5.91 Å². The summed E-state index contributed by atoms with van der Waals surface area (Å²) in [6.07, 6.45) is 4.05. The van der Waals surface area contributed by atoms with Gasteiger partial charge in [-0.15, -0.1) is 0 Å². The van der Waals surface area contributed by atoms with Crippen molar-refractivity contribution in [3.05, 3.63) is 71.7 Å². The molecule has 1 saturated heterocycles. The molecule has 3 aromatic rings. The lowest BCUT2D eigenvalue weighted by atomic mass is 9.90. The van der Waals surface area contributed by atoms with Gasteiger partial charge in [-0.3, -0.25) is 4.79 Å². The van der Waals surface area contributed by atoms with E-state index in [2.05, 4.69) is 9.88 Å². The molecule has 1 aliphatic heterocycles. The molecule has 4 rings (SSSR count). The number of hydrogen-bond donors (Lipinski definition) is 2. The summed E-state index contributed by atoms with van der Waals surface area (Å²) < 4.78 is 13.6. The number of carbonyl (C=O) groups excluding carboxylic acids is 1. The second kappa shape index (κ2) is 9.20. The molecule has 2 heterocycles. The highest BCUT2D eigenvalue weighted by atomic mass is 19.1. The number of piperidine rings is 1. The molecule has 1 aromatic heterocycles. The second-order valence-corrected chi connectivity index (χ2v) is 8.68. The summed E-state index contributed by atoms with van der Waals surface area (Å²) in [6, 6.07) is 14.7. The van der Waals surface area contributed by atoms with Crippen molar-refractivity contribution in [1.82, 2.24) is 14.8 Å². The van der Waals surface area contributed by atoms with E-state index in [1.54, 1.807) is 24.0 Å². The topological polar surface area (TPSA) is 59.6 Å². The average molecular weight is 424 g/mol. The Morgan fingerprint density at radius 1 is 1.19 bits per heavy atom. The largest absolute Gasteiger partial charge is 0.388 e. The van der Waals surface area contributed by atoms with E-state index in [1.165, 1.54) is 6.07 Å². The molecule has 1 amide bonds. The minimum absolute atomic E-state index is 0.0220. The number of fused-ring (bicyclic) bond motifs is 1. The van der Waals surface area contributed by atoms with E-state index in [0.29, 0.717) is 25.9 Å². The van der Waals surface area contributed by atoms with E-state index in [-0.39, 0.29) is 11.7 Å². The van der Waals surface area contributed by atoms with Crippen LogP contribution in [-0.2, 0) is 17.8 Å². The van der Waals surface area contributed by atoms with Crippen LogP contribution < -0.4 is 0 Å². The first kappa shape index (κ1) is 21.5. The van der Waals surface area contributed by atoms with Crippen molar-refractivity contribution in [2.75, 3.05) is 26.2 Å². The molecule has 2 N–H and O–H groups in total. The monoisotopic (exact) mass is 423 g/mol. The minimum Gasteiger partial charge on any atom is -0.388 e. The first-order valence-corrected chi connectivity index (χ1v) is 10.9. The third-order valence-corrected chi connectivity index (χ3v) is 6.36. The zero-order valence-electron chi connectivity index (χ0n) is 18.0. The molecule has 0 saturated carbocycles. The highest BCUT2D eigenvalue weighted by Gasteiger charge is 2.34. The molecule has 2 aromatic carbocycles. The molecule has 1 aliphatic rings. The Hall–Kier alpha value is -2.70. The van der Waals surface area contributed by atoms with E-state index in [0.717, 1.165) is 48.1 Å². The van der Waals surface area contributed by atoms with Gasteiger partial charge in [0, 0.05) is 56.7 Å². The molecule has 0 spiro atoms. The van der Waals surface area contributed by atoms with Gasteiger partial charge in [0.15, 0.2) is 0 Å². The lowest BCUT2D eigenvalue weighted by Crippen LogP contribution is -2.51. The number of nitrogens with one attached hydrogen (secondary N) is 1. The fourth-order valence-electron chi connectivity index (χ4n) is 4.42. The fourth-order valence-corrected chi connectivity index (χ4v) is 4.42. The first-order chi connectivity index (χ1) is 14.9. The minimum atomic E-state index is -0.860. The zero-order chi connectivity index (χ0) is 21.8. The van der Waals surface area contributed by atoms with Crippen LogP contribution >= 0.6 is 0 Å². The number of likely N-dealkylation sites (tertiary alicyclic amines) is 1. The van der Waals surface area contributed by atoms with Gasteiger partial charge < -0.3 is 19.9 Å². The number of carbonyl (C=O) groups is 1. The van der Waals surface area contributed by atoms with E-state index in [1.807, 2.05) is 36.5 Å². The number of nitrogens with zero attached hydrogens (tertiary/aromatic N) is 2. The normalized spacial score (nSPS) is 16.5. The van der Waals surface area contributed by atoms with Crippen LogP contribution in [0.5, 0.6) is 0 Å². The smallest absolute Gasteiger partial charge is 0.219 e. The van der Waals surface area contributed by atoms with Crippen LogP contribution in [0.3, 0.4) is 0 Å². The SMILES string of the molecule is CC(=O)N(Cc1ccccc1)CC1(O)CCN(CCc2c[nH]c3ccc(F)cc23)CC1. The average Bonchev–Trinajstić information content (AvgIpc) is 3.15. The highest BCUT2D eigenvalue weighted by molar-refractivity contribution is 5.83. The van der Waals surface area contributed by atoms with Crippen LogP contribution in [0.15, 0.2) is 54.7 Å². The summed E-state index contributed by atoms with van der Waals surface area (Å²) >= 11 is 0. The van der Waals surface area contributed by atoms with E-state index in [4.69, 9.17) is 0 Å². The summed E-state index contributed by atoms with van der Waals surface area (Å²) in [4.78, 5) is 19.5. The molecule has 0 radical (unpaired) electrons. The van der Waals surface area contributed by atoms with Gasteiger partial charge in [-0.05, 0) is 48.6 Å². The van der Waals surface area contributed by atoms with Crippen molar-refractivity contribution in [1.29, 1.82) is 0 Å². The van der Waals surface area contributed by atoms with E-state index in [9.17, 15) is 14.3 Å². The quantitative estimate of drug-likeness (QED) is 0.609. The predicted molar refractivity (Wildman–Crippen MR) is 120 cm³/mol. The van der Waals surface area contributed by atoms with Crippen LogP contribution in [0.1, 0.15) is 30.9 Å². The third-order valence-electron chi connectivity index (χ3n) is 6.36. The van der Waals surface area contributed by atoms with Gasteiger partial charge in [0.1, 0.15) is 5.82 Å². The maximum Gasteiger partial charge on any atom is 0.219 e. The number of rotatable bonds is 7. The van der Waals surface area contributed by atoms with E-state index >= 15 is 0 Å². The Morgan fingerprint density at radius 2 is 1.94 bits per heavy atom. The number of halogens is 1. The molecule has 0 aliphatic carbocycles. The lowest BCUT2D eigenvalue weighted by Gasteiger charge is -2.41. The third kappa shape index (κ3) is 5.32. The zero-order valence-corrected chi connectivity index (χ0v) is 18.0. The standard InChI is InChI=1S/C25H30FN3O2/c1-19(30)29(17-20-5-3-2-4-6-20)18-25(31)10-13-28(14-11-25)12-9-21-16-27-24-8-7-22(26)15-23(21)24/h2-8,15-16,27,31H,9-14,17-18H2,1H3. The Bertz CT molecular complexity index is 1030. The number of amides is 1. The van der Waals surface area contributed by atoms with Crippen molar-refractivity contribution < 1.29 is 14.3 Å². The van der Waals surface area contributed by atoms with Gasteiger partial charge in [-0.1, -0.05) is 30.3 Å². The van der Waals surface area contributed by atoms with Gasteiger partial charge in [-0.2, -0.15) is 0 Å². The fraction of sp³-hybridized carbons (Fsp3) is 0.400. The number of benzene rings is 2. The molecule has 6 heteroatoms. The molecule has 5 nitrogen and oxygen atoms in total. The highest BCUT2D eigenvalue weighted by Crippen LogP contribution is 2.25. The maximum absolute atomic E-state index is 13.6. The molecule has 0 bridgehead atoms. The summed E-state index contributed by atoms with van der Waals surface area (Å²) in [5.41, 5.74) is 2.27. The van der Waals surface area contributed by atoms with Crippen LogP contribution in [0, 0.1) is 5.82 Å². The number of aromatic amines is 1. The Balaban J connectivity index is 1.31. The Labute approximate surface area is 182 Å². The van der Waals surface area contributed by atoms with Crippen molar-refractivity contribution in [2.45, 2.75) is 38.3 Å².